The van der Waals surface area contributed by atoms with Crippen molar-refractivity contribution >= 4 is 16.7 Å². The van der Waals surface area contributed by atoms with E-state index >= 15 is 0 Å². The predicted octanol–water partition coefficient (Wildman–Crippen LogP) is 4.06. The molecular weight excluding hydrogens is 336 g/mol. The first-order valence-electron chi connectivity index (χ1n) is 8.84. The first-order chi connectivity index (χ1) is 13.1. The van der Waals surface area contributed by atoms with Crippen LogP contribution in [0.3, 0.4) is 0 Å². The molecule has 5 rings (SSSR count). The van der Waals surface area contributed by atoms with Crippen LogP contribution in [0.15, 0.2) is 55.0 Å². The minimum atomic E-state index is 0.758. The number of rotatable bonds is 2. The van der Waals surface area contributed by atoms with Gasteiger partial charge in [-0.3, -0.25) is 4.40 Å². The smallest absolute Gasteiger partial charge is 0.175 e. The van der Waals surface area contributed by atoms with Crippen molar-refractivity contribution in [2.24, 2.45) is 0 Å². The molecule has 0 bridgehead atoms. The Morgan fingerprint density at radius 2 is 1.63 bits per heavy atom. The predicted molar refractivity (Wildman–Crippen MR) is 105 cm³/mol. The SMILES string of the molecule is Cc1cc(C)cc(-n2ncc3c2ncn2c(-c4ccccc4C)nnc32)c1. The fourth-order valence-electron chi connectivity index (χ4n) is 3.59. The highest BCUT2D eigenvalue weighted by Crippen LogP contribution is 2.26. The summed E-state index contributed by atoms with van der Waals surface area (Å²) in [5.74, 6) is 0.789. The summed E-state index contributed by atoms with van der Waals surface area (Å²) in [6.07, 6.45) is 3.59. The molecule has 0 aliphatic rings. The maximum Gasteiger partial charge on any atom is 0.175 e. The summed E-state index contributed by atoms with van der Waals surface area (Å²) in [6.45, 7) is 6.24. The molecule has 0 amide bonds. The van der Waals surface area contributed by atoms with Crippen LogP contribution in [-0.2, 0) is 0 Å². The van der Waals surface area contributed by atoms with Crippen LogP contribution in [0.5, 0.6) is 0 Å². The highest BCUT2D eigenvalue weighted by Gasteiger charge is 2.16. The standard InChI is InChI=1S/C21H18N6/c1-13-8-14(2)10-16(9-13)27-19-18(11-23-27)21-25-24-20(26(21)12-22-19)17-7-5-4-6-15(17)3/h4-12H,1-3H3. The molecule has 132 valence electrons. The van der Waals surface area contributed by atoms with Crippen molar-refractivity contribution in [3.8, 4) is 17.1 Å². The molecule has 0 N–H and O–H groups in total. The van der Waals surface area contributed by atoms with E-state index in [2.05, 4.69) is 71.4 Å². The molecule has 3 aromatic heterocycles. The van der Waals surface area contributed by atoms with Gasteiger partial charge in [0.2, 0.25) is 0 Å². The first-order valence-corrected chi connectivity index (χ1v) is 8.84. The van der Waals surface area contributed by atoms with Gasteiger partial charge >= 0.3 is 0 Å². The number of benzene rings is 2. The molecule has 0 fully saturated rings. The van der Waals surface area contributed by atoms with Gasteiger partial charge in [-0.05, 0) is 49.6 Å². The Hall–Kier alpha value is -3.54. The molecule has 0 radical (unpaired) electrons. The van der Waals surface area contributed by atoms with Crippen LogP contribution in [0.2, 0.25) is 0 Å². The molecule has 6 nitrogen and oxygen atoms in total. The number of aromatic nitrogens is 6. The fraction of sp³-hybridized carbons (Fsp3) is 0.143. The molecule has 0 aliphatic carbocycles. The molecule has 0 spiro atoms. The highest BCUT2D eigenvalue weighted by molar-refractivity contribution is 5.90. The lowest BCUT2D eigenvalue weighted by Crippen LogP contribution is -2.00. The lowest BCUT2D eigenvalue weighted by molar-refractivity contribution is 0.890. The van der Waals surface area contributed by atoms with E-state index in [1.165, 1.54) is 11.1 Å². The van der Waals surface area contributed by atoms with Crippen LogP contribution in [-0.4, -0.2) is 29.4 Å². The highest BCUT2D eigenvalue weighted by atomic mass is 15.3. The van der Waals surface area contributed by atoms with Gasteiger partial charge in [-0.1, -0.05) is 30.3 Å². The van der Waals surface area contributed by atoms with E-state index in [0.29, 0.717) is 0 Å². The molecule has 0 atom stereocenters. The van der Waals surface area contributed by atoms with Crippen molar-refractivity contribution in [2.75, 3.05) is 0 Å². The van der Waals surface area contributed by atoms with E-state index in [9.17, 15) is 0 Å². The third-order valence-electron chi connectivity index (χ3n) is 4.81. The van der Waals surface area contributed by atoms with Crippen molar-refractivity contribution in [2.45, 2.75) is 20.8 Å². The molecular formula is C21H18N6. The van der Waals surface area contributed by atoms with Gasteiger partial charge in [0.1, 0.15) is 6.33 Å². The van der Waals surface area contributed by atoms with Crippen LogP contribution in [0.1, 0.15) is 16.7 Å². The summed E-state index contributed by atoms with van der Waals surface area (Å²) < 4.78 is 3.79. The molecule has 0 saturated heterocycles. The molecule has 3 heterocycles. The molecule has 27 heavy (non-hydrogen) atoms. The fourth-order valence-corrected chi connectivity index (χ4v) is 3.59. The van der Waals surface area contributed by atoms with Crippen molar-refractivity contribution in [1.82, 2.24) is 29.4 Å². The Balaban J connectivity index is 1.74. The summed E-state index contributed by atoms with van der Waals surface area (Å²) in [7, 11) is 0. The second-order valence-electron chi connectivity index (χ2n) is 6.92. The van der Waals surface area contributed by atoms with Gasteiger partial charge in [0.15, 0.2) is 17.1 Å². The van der Waals surface area contributed by atoms with E-state index in [1.807, 2.05) is 27.4 Å². The Morgan fingerprint density at radius 1 is 0.852 bits per heavy atom. The quantitative estimate of drug-likeness (QED) is 0.480. The average Bonchev–Trinajstić information content (AvgIpc) is 3.25. The van der Waals surface area contributed by atoms with Gasteiger partial charge in [-0.15, -0.1) is 10.2 Å². The summed E-state index contributed by atoms with van der Waals surface area (Å²) >= 11 is 0. The van der Waals surface area contributed by atoms with E-state index in [1.54, 1.807) is 6.33 Å². The second-order valence-corrected chi connectivity index (χ2v) is 6.92. The normalized spacial score (nSPS) is 11.5. The van der Waals surface area contributed by atoms with Crippen LogP contribution in [0.4, 0.5) is 0 Å². The van der Waals surface area contributed by atoms with Crippen LogP contribution in [0.25, 0.3) is 33.8 Å². The van der Waals surface area contributed by atoms with Crippen LogP contribution < -0.4 is 0 Å². The molecule has 2 aromatic carbocycles. The van der Waals surface area contributed by atoms with Crippen molar-refractivity contribution in [3.05, 3.63) is 71.7 Å². The average molecular weight is 354 g/mol. The number of fused-ring (bicyclic) bond motifs is 3. The topological polar surface area (TPSA) is 60.9 Å². The molecule has 6 heteroatoms. The third kappa shape index (κ3) is 2.41. The van der Waals surface area contributed by atoms with Gasteiger partial charge in [0, 0.05) is 5.56 Å². The zero-order valence-corrected chi connectivity index (χ0v) is 15.4. The molecule has 0 unspecified atom stereocenters. The van der Waals surface area contributed by atoms with Gasteiger partial charge in [0.05, 0.1) is 17.3 Å². The number of hydrogen-bond acceptors (Lipinski definition) is 4. The van der Waals surface area contributed by atoms with E-state index < -0.39 is 0 Å². The monoisotopic (exact) mass is 354 g/mol. The zero-order valence-electron chi connectivity index (χ0n) is 15.4. The first kappa shape index (κ1) is 15.7. The van der Waals surface area contributed by atoms with Crippen molar-refractivity contribution in [1.29, 1.82) is 0 Å². The lowest BCUT2D eigenvalue weighted by atomic mass is 10.1. The summed E-state index contributed by atoms with van der Waals surface area (Å²) in [4.78, 5) is 4.68. The van der Waals surface area contributed by atoms with Gasteiger partial charge in [-0.2, -0.15) is 5.10 Å². The van der Waals surface area contributed by atoms with Gasteiger partial charge in [-0.25, -0.2) is 9.67 Å². The zero-order chi connectivity index (χ0) is 18.5. The minimum absolute atomic E-state index is 0.758. The maximum absolute atomic E-state index is 4.68. The van der Waals surface area contributed by atoms with E-state index in [0.717, 1.165) is 39.3 Å². The Morgan fingerprint density at radius 3 is 2.41 bits per heavy atom. The summed E-state index contributed by atoms with van der Waals surface area (Å²) in [5, 5.41) is 14.3. The molecule has 0 aliphatic heterocycles. The number of aryl methyl sites for hydroxylation is 3. The third-order valence-corrected chi connectivity index (χ3v) is 4.81. The maximum atomic E-state index is 4.68. The number of hydrogen-bond donors (Lipinski definition) is 0. The van der Waals surface area contributed by atoms with E-state index in [-0.39, 0.29) is 0 Å². The minimum Gasteiger partial charge on any atom is -0.265 e. The lowest BCUT2D eigenvalue weighted by Gasteiger charge is -2.06. The summed E-state index contributed by atoms with van der Waals surface area (Å²) in [5.41, 5.74) is 7.12. The van der Waals surface area contributed by atoms with Crippen molar-refractivity contribution in [3.63, 3.8) is 0 Å². The molecule has 0 saturated carbocycles. The number of nitrogens with zero attached hydrogens (tertiary/aromatic N) is 6. The van der Waals surface area contributed by atoms with Gasteiger partial charge in [0.25, 0.3) is 0 Å². The Labute approximate surface area is 156 Å². The molecule has 5 aromatic rings. The Bertz CT molecular complexity index is 1290. The van der Waals surface area contributed by atoms with Crippen LogP contribution >= 0.6 is 0 Å². The second kappa shape index (κ2) is 5.74. The van der Waals surface area contributed by atoms with Gasteiger partial charge < -0.3 is 0 Å². The van der Waals surface area contributed by atoms with Crippen LogP contribution in [0, 0.1) is 20.8 Å². The largest absolute Gasteiger partial charge is 0.265 e. The summed E-state index contributed by atoms with van der Waals surface area (Å²) in [6, 6.07) is 14.5. The van der Waals surface area contributed by atoms with E-state index in [4.69, 9.17) is 0 Å². The Kier molecular flexibility index (Phi) is 3.33. The van der Waals surface area contributed by atoms with Crippen molar-refractivity contribution < 1.29 is 0 Å².